The van der Waals surface area contributed by atoms with Crippen molar-refractivity contribution in [3.8, 4) is 0 Å². The van der Waals surface area contributed by atoms with Crippen LogP contribution in [0.4, 0.5) is 0 Å². The minimum Gasteiger partial charge on any atom is -0.459 e. The summed E-state index contributed by atoms with van der Waals surface area (Å²) in [5, 5.41) is 0. The van der Waals surface area contributed by atoms with Gasteiger partial charge in [-0.25, -0.2) is 4.98 Å². The van der Waals surface area contributed by atoms with Crippen LogP contribution in [0.1, 0.15) is 47.4 Å². The number of rotatable bonds is 6. The second-order valence-corrected chi connectivity index (χ2v) is 8.03. The van der Waals surface area contributed by atoms with Gasteiger partial charge in [-0.2, -0.15) is 0 Å². The highest BCUT2D eigenvalue weighted by atomic mass is 16.6. The average molecular weight is 367 g/mol. The molecule has 146 valence electrons. The van der Waals surface area contributed by atoms with Crippen LogP contribution in [0.2, 0.25) is 0 Å². The summed E-state index contributed by atoms with van der Waals surface area (Å²) in [5.74, 6) is -0.913. The van der Waals surface area contributed by atoms with E-state index in [4.69, 9.17) is 9.47 Å². The summed E-state index contributed by atoms with van der Waals surface area (Å²) in [7, 11) is 0. The van der Waals surface area contributed by atoms with Crippen LogP contribution in [-0.2, 0) is 30.4 Å². The summed E-state index contributed by atoms with van der Waals surface area (Å²) in [5.41, 5.74) is -1.36. The van der Waals surface area contributed by atoms with Gasteiger partial charge in [-0.15, -0.1) is 0 Å². The van der Waals surface area contributed by atoms with Crippen molar-refractivity contribution >= 4 is 17.8 Å². The van der Waals surface area contributed by atoms with E-state index in [-0.39, 0.29) is 19.6 Å². The summed E-state index contributed by atoms with van der Waals surface area (Å²) in [6, 6.07) is 0. The Balaban J connectivity index is 2.86. The lowest BCUT2D eigenvalue weighted by Gasteiger charge is -2.26. The van der Waals surface area contributed by atoms with Crippen molar-refractivity contribution in [3.05, 3.63) is 18.2 Å². The first-order valence-corrected chi connectivity index (χ1v) is 8.46. The maximum absolute atomic E-state index is 12.6. The number of hydrogen-bond donors (Lipinski definition) is 0. The van der Waals surface area contributed by atoms with E-state index in [9.17, 15) is 14.4 Å². The zero-order chi connectivity index (χ0) is 20.1. The molecule has 0 saturated heterocycles. The number of aromatic nitrogens is 2. The predicted molar refractivity (Wildman–Crippen MR) is 95.2 cm³/mol. The SMILES string of the molecule is Cc1nccn1CC(=O)N(CC(=O)OC(C)(C)C)CC(=O)OC(C)(C)C. The lowest BCUT2D eigenvalue weighted by Crippen LogP contribution is -2.44. The maximum Gasteiger partial charge on any atom is 0.326 e. The van der Waals surface area contributed by atoms with E-state index >= 15 is 0 Å². The molecule has 0 aliphatic heterocycles. The molecule has 0 bridgehead atoms. The Morgan fingerprint density at radius 3 is 1.81 bits per heavy atom. The number of imidazole rings is 1. The molecule has 0 saturated carbocycles. The molecular formula is C18H29N3O5. The Morgan fingerprint density at radius 2 is 1.46 bits per heavy atom. The highest BCUT2D eigenvalue weighted by molar-refractivity contribution is 5.86. The quantitative estimate of drug-likeness (QED) is 0.711. The van der Waals surface area contributed by atoms with Gasteiger partial charge >= 0.3 is 11.9 Å². The standard InChI is InChI=1S/C18H29N3O5/c1-13-19-8-9-20(13)10-14(22)21(11-15(23)25-17(2,3)4)12-16(24)26-18(5,6)7/h8-9H,10-12H2,1-7H3. The second kappa shape index (κ2) is 8.33. The second-order valence-electron chi connectivity index (χ2n) is 8.03. The summed E-state index contributed by atoms with van der Waals surface area (Å²) in [6.45, 7) is 11.5. The first-order valence-electron chi connectivity index (χ1n) is 8.46. The topological polar surface area (TPSA) is 90.7 Å². The first kappa shape index (κ1) is 21.7. The van der Waals surface area contributed by atoms with Crippen LogP contribution in [0.15, 0.2) is 12.4 Å². The van der Waals surface area contributed by atoms with E-state index in [1.165, 1.54) is 0 Å². The van der Waals surface area contributed by atoms with Crippen molar-refractivity contribution in [3.63, 3.8) is 0 Å². The molecule has 0 aliphatic rings. The van der Waals surface area contributed by atoms with Crippen LogP contribution in [0.3, 0.4) is 0 Å². The molecule has 0 aliphatic carbocycles. The molecule has 0 radical (unpaired) electrons. The molecule has 1 heterocycles. The van der Waals surface area contributed by atoms with Gasteiger partial charge in [0.1, 0.15) is 36.7 Å². The molecule has 0 unspecified atom stereocenters. The number of ether oxygens (including phenoxy) is 2. The maximum atomic E-state index is 12.6. The summed E-state index contributed by atoms with van der Waals surface area (Å²) in [6.07, 6.45) is 3.24. The fraction of sp³-hybridized carbons (Fsp3) is 0.667. The number of aryl methyl sites for hydroxylation is 1. The lowest BCUT2D eigenvalue weighted by molar-refractivity contribution is -0.164. The molecule has 0 spiro atoms. The van der Waals surface area contributed by atoms with E-state index in [0.29, 0.717) is 5.82 Å². The number of carbonyl (C=O) groups is 3. The number of amides is 1. The largest absolute Gasteiger partial charge is 0.459 e. The molecule has 0 atom stereocenters. The Labute approximate surface area is 154 Å². The molecule has 0 aromatic carbocycles. The van der Waals surface area contributed by atoms with Crippen LogP contribution >= 0.6 is 0 Å². The number of esters is 2. The van der Waals surface area contributed by atoms with Crippen LogP contribution in [0.5, 0.6) is 0 Å². The predicted octanol–water partition coefficient (Wildman–Crippen LogP) is 1.70. The highest BCUT2D eigenvalue weighted by Gasteiger charge is 2.26. The van der Waals surface area contributed by atoms with Crippen LogP contribution in [0.25, 0.3) is 0 Å². The van der Waals surface area contributed by atoms with Crippen LogP contribution < -0.4 is 0 Å². The third kappa shape index (κ3) is 8.13. The van der Waals surface area contributed by atoms with E-state index in [0.717, 1.165) is 4.90 Å². The summed E-state index contributed by atoms with van der Waals surface area (Å²) in [4.78, 5) is 42.1. The smallest absolute Gasteiger partial charge is 0.326 e. The lowest BCUT2D eigenvalue weighted by atomic mass is 10.2. The van der Waals surface area contributed by atoms with E-state index in [2.05, 4.69) is 4.98 Å². The molecule has 0 N–H and O–H groups in total. The summed E-state index contributed by atoms with van der Waals surface area (Å²) < 4.78 is 12.1. The normalized spacial score (nSPS) is 11.8. The summed E-state index contributed by atoms with van der Waals surface area (Å²) >= 11 is 0. The van der Waals surface area contributed by atoms with Gasteiger partial charge < -0.3 is 18.9 Å². The zero-order valence-corrected chi connectivity index (χ0v) is 16.7. The van der Waals surface area contributed by atoms with Gasteiger partial charge in [0.25, 0.3) is 0 Å². The molecule has 1 aromatic rings. The van der Waals surface area contributed by atoms with Gasteiger partial charge in [0.2, 0.25) is 5.91 Å². The monoisotopic (exact) mass is 367 g/mol. The molecule has 1 rings (SSSR count). The van der Waals surface area contributed by atoms with Gasteiger partial charge in [-0.3, -0.25) is 14.4 Å². The minimum atomic E-state index is -0.682. The van der Waals surface area contributed by atoms with Crippen LogP contribution in [-0.4, -0.2) is 56.6 Å². The molecule has 1 aromatic heterocycles. The van der Waals surface area contributed by atoms with Crippen LogP contribution in [0, 0.1) is 6.92 Å². The Bertz CT molecular complexity index is 623. The van der Waals surface area contributed by atoms with E-state index in [1.807, 2.05) is 0 Å². The van der Waals surface area contributed by atoms with Gasteiger partial charge in [-0.05, 0) is 48.5 Å². The average Bonchev–Trinajstić information content (AvgIpc) is 2.79. The van der Waals surface area contributed by atoms with Crippen molar-refractivity contribution in [2.45, 2.75) is 66.2 Å². The van der Waals surface area contributed by atoms with Gasteiger partial charge in [0.15, 0.2) is 0 Å². The molecule has 1 amide bonds. The number of hydrogen-bond acceptors (Lipinski definition) is 6. The Kier molecular flexibility index (Phi) is 6.94. The van der Waals surface area contributed by atoms with E-state index in [1.54, 1.807) is 65.4 Å². The Hall–Kier alpha value is -2.38. The van der Waals surface area contributed by atoms with E-state index < -0.39 is 29.0 Å². The first-order chi connectivity index (χ1) is 11.8. The van der Waals surface area contributed by atoms with Crippen molar-refractivity contribution in [1.29, 1.82) is 0 Å². The number of nitrogens with zero attached hydrogens (tertiary/aromatic N) is 3. The zero-order valence-electron chi connectivity index (χ0n) is 16.7. The van der Waals surface area contributed by atoms with Gasteiger partial charge in [0.05, 0.1) is 0 Å². The fourth-order valence-electron chi connectivity index (χ4n) is 2.11. The fourth-order valence-corrected chi connectivity index (χ4v) is 2.11. The van der Waals surface area contributed by atoms with Crippen molar-refractivity contribution < 1.29 is 23.9 Å². The van der Waals surface area contributed by atoms with Crippen molar-refractivity contribution in [2.24, 2.45) is 0 Å². The molecular weight excluding hydrogens is 338 g/mol. The molecule has 8 heteroatoms. The molecule has 0 fully saturated rings. The van der Waals surface area contributed by atoms with Crippen molar-refractivity contribution in [1.82, 2.24) is 14.5 Å². The highest BCUT2D eigenvalue weighted by Crippen LogP contribution is 2.10. The minimum absolute atomic E-state index is 0.0303. The number of carbonyl (C=O) groups excluding carboxylic acids is 3. The molecule has 8 nitrogen and oxygen atoms in total. The van der Waals surface area contributed by atoms with Crippen molar-refractivity contribution in [2.75, 3.05) is 13.1 Å². The third-order valence-corrected chi connectivity index (χ3v) is 3.06. The molecule has 26 heavy (non-hydrogen) atoms. The van der Waals surface area contributed by atoms with Gasteiger partial charge in [0, 0.05) is 12.4 Å². The van der Waals surface area contributed by atoms with Gasteiger partial charge in [-0.1, -0.05) is 0 Å². The third-order valence-electron chi connectivity index (χ3n) is 3.06. The Morgan fingerprint density at radius 1 is 1.00 bits per heavy atom.